The summed E-state index contributed by atoms with van der Waals surface area (Å²) in [5.74, 6) is -0.193. The Morgan fingerprint density at radius 3 is 2.32 bits per heavy atom. The molecule has 1 atom stereocenters. The Labute approximate surface area is 222 Å². The maximum Gasteiger partial charge on any atom is 0.253 e. The summed E-state index contributed by atoms with van der Waals surface area (Å²) < 4.78 is 14.1. The molecule has 0 aliphatic carbocycles. The van der Waals surface area contributed by atoms with E-state index in [0.717, 1.165) is 18.5 Å². The molecule has 1 saturated heterocycles. The van der Waals surface area contributed by atoms with Crippen LogP contribution in [0.1, 0.15) is 58.7 Å². The van der Waals surface area contributed by atoms with Gasteiger partial charge in [0.2, 0.25) is 5.91 Å². The van der Waals surface area contributed by atoms with Crippen LogP contribution in [0.5, 0.6) is 0 Å². The fourth-order valence-electron chi connectivity index (χ4n) is 5.33. The van der Waals surface area contributed by atoms with E-state index in [0.29, 0.717) is 31.7 Å². The Morgan fingerprint density at radius 1 is 0.946 bits per heavy atom. The molecule has 1 aromatic heterocycles. The number of rotatable bonds is 4. The minimum absolute atomic E-state index is 0.0137. The van der Waals surface area contributed by atoms with Crippen LogP contribution < -0.4 is 0 Å². The van der Waals surface area contributed by atoms with Crippen molar-refractivity contribution in [3.8, 4) is 0 Å². The van der Waals surface area contributed by atoms with Crippen molar-refractivity contribution in [1.29, 1.82) is 0 Å². The summed E-state index contributed by atoms with van der Waals surface area (Å²) in [7, 11) is 0. The van der Waals surface area contributed by atoms with Crippen LogP contribution in [0.3, 0.4) is 0 Å². The van der Waals surface area contributed by atoms with Gasteiger partial charge >= 0.3 is 0 Å². The van der Waals surface area contributed by atoms with Crippen LogP contribution in [0.15, 0.2) is 60.0 Å². The van der Waals surface area contributed by atoms with Crippen molar-refractivity contribution in [1.82, 2.24) is 14.7 Å². The predicted octanol–water partition coefficient (Wildman–Crippen LogP) is 5.12. The van der Waals surface area contributed by atoms with Crippen molar-refractivity contribution < 1.29 is 14.0 Å². The van der Waals surface area contributed by atoms with E-state index in [9.17, 15) is 14.0 Å². The summed E-state index contributed by atoms with van der Waals surface area (Å²) in [5, 5.41) is 2.08. The molecule has 2 aliphatic heterocycles. The minimum Gasteiger partial charge on any atom is -0.338 e. The van der Waals surface area contributed by atoms with Crippen LogP contribution in [-0.4, -0.2) is 65.8 Å². The summed E-state index contributed by atoms with van der Waals surface area (Å²) in [4.78, 5) is 33.6. The third-order valence-corrected chi connectivity index (χ3v) is 8.48. The number of nitrogens with zero attached hydrogens (tertiary/aromatic N) is 3. The Bertz CT molecular complexity index is 1270. The number of halogens is 1. The Balaban J connectivity index is 1.22. The molecular formula is C30H34FN3O2S. The van der Waals surface area contributed by atoms with Crippen molar-refractivity contribution in [2.75, 3.05) is 39.3 Å². The topological polar surface area (TPSA) is 43.9 Å². The third kappa shape index (κ3) is 5.48. The molecule has 0 bridgehead atoms. The zero-order chi connectivity index (χ0) is 26.2. The lowest BCUT2D eigenvalue weighted by molar-refractivity contribution is -0.134. The molecule has 5 rings (SSSR count). The van der Waals surface area contributed by atoms with Gasteiger partial charge in [-0.05, 0) is 64.2 Å². The van der Waals surface area contributed by atoms with E-state index in [2.05, 4.69) is 37.1 Å². The van der Waals surface area contributed by atoms with Crippen LogP contribution in [-0.2, 0) is 16.6 Å². The molecule has 5 nitrogen and oxygen atoms in total. The summed E-state index contributed by atoms with van der Waals surface area (Å²) in [6.07, 6.45) is 0.891. The smallest absolute Gasteiger partial charge is 0.253 e. The van der Waals surface area contributed by atoms with Gasteiger partial charge in [0.05, 0.1) is 12.6 Å². The number of benzene rings is 2. The van der Waals surface area contributed by atoms with E-state index in [1.54, 1.807) is 23.5 Å². The molecule has 7 heteroatoms. The van der Waals surface area contributed by atoms with Crippen molar-refractivity contribution >= 4 is 23.2 Å². The molecule has 2 amide bonds. The van der Waals surface area contributed by atoms with Crippen LogP contribution in [0, 0.1) is 5.82 Å². The van der Waals surface area contributed by atoms with Gasteiger partial charge in [-0.25, -0.2) is 4.39 Å². The van der Waals surface area contributed by atoms with Gasteiger partial charge in [-0.3, -0.25) is 14.5 Å². The SMILES string of the molecule is CC(C)(C)c1ccc(C(=O)N2CCN(C(=O)CN3CCc4sccc4[C@H]3c3cccc(F)c3)CC2)cc1. The lowest BCUT2D eigenvalue weighted by atomic mass is 9.86. The maximum absolute atomic E-state index is 14.1. The van der Waals surface area contributed by atoms with E-state index in [4.69, 9.17) is 0 Å². The largest absolute Gasteiger partial charge is 0.338 e. The lowest BCUT2D eigenvalue weighted by Gasteiger charge is -2.39. The van der Waals surface area contributed by atoms with Crippen molar-refractivity contribution in [2.45, 2.75) is 38.6 Å². The fraction of sp³-hybridized carbons (Fsp3) is 0.400. The van der Waals surface area contributed by atoms with E-state index in [1.165, 1.54) is 22.1 Å². The molecule has 1 fully saturated rings. The van der Waals surface area contributed by atoms with Crippen molar-refractivity contribution in [3.63, 3.8) is 0 Å². The number of fused-ring (bicyclic) bond motifs is 1. The molecule has 3 heterocycles. The van der Waals surface area contributed by atoms with Gasteiger partial charge in [0.25, 0.3) is 5.91 Å². The van der Waals surface area contributed by atoms with Gasteiger partial charge in [-0.2, -0.15) is 0 Å². The molecule has 0 unspecified atom stereocenters. The van der Waals surface area contributed by atoms with Gasteiger partial charge < -0.3 is 9.80 Å². The van der Waals surface area contributed by atoms with Gasteiger partial charge in [0.1, 0.15) is 5.82 Å². The summed E-state index contributed by atoms with van der Waals surface area (Å²) in [6, 6.07) is 16.5. The van der Waals surface area contributed by atoms with Gasteiger partial charge in [-0.15, -0.1) is 11.3 Å². The highest BCUT2D eigenvalue weighted by atomic mass is 32.1. The molecule has 0 saturated carbocycles. The highest BCUT2D eigenvalue weighted by Crippen LogP contribution is 2.37. The summed E-state index contributed by atoms with van der Waals surface area (Å²) >= 11 is 1.73. The molecule has 2 aromatic carbocycles. The molecule has 3 aromatic rings. The first kappa shape index (κ1) is 25.6. The first-order valence-corrected chi connectivity index (χ1v) is 13.8. The zero-order valence-corrected chi connectivity index (χ0v) is 22.6. The number of carbonyl (C=O) groups excluding carboxylic acids is 2. The van der Waals surface area contributed by atoms with Crippen LogP contribution in [0.2, 0.25) is 0 Å². The fourth-order valence-corrected chi connectivity index (χ4v) is 6.24. The number of piperazine rings is 1. The standard InChI is InChI=1S/C30H34FN3O2S/c1-30(2,3)23-9-7-21(8-10-23)29(36)33-16-14-32(15-17-33)27(35)20-34-13-11-26-25(12-18-37-26)28(34)22-5-4-6-24(31)19-22/h4-10,12,18-19,28H,11,13-17,20H2,1-3H3/t28-/m1/s1. The predicted molar refractivity (Wildman–Crippen MR) is 145 cm³/mol. The Morgan fingerprint density at radius 2 is 1.65 bits per heavy atom. The van der Waals surface area contributed by atoms with E-state index >= 15 is 0 Å². The van der Waals surface area contributed by atoms with Gasteiger partial charge in [-0.1, -0.05) is 45.0 Å². The molecule has 0 N–H and O–H groups in total. The first-order chi connectivity index (χ1) is 17.7. The van der Waals surface area contributed by atoms with Crippen LogP contribution in [0.4, 0.5) is 4.39 Å². The lowest BCUT2D eigenvalue weighted by Crippen LogP contribution is -2.53. The van der Waals surface area contributed by atoms with E-state index in [1.807, 2.05) is 40.1 Å². The number of thiophene rings is 1. The highest BCUT2D eigenvalue weighted by molar-refractivity contribution is 7.10. The normalized spacial score (nSPS) is 18.5. The zero-order valence-electron chi connectivity index (χ0n) is 21.7. The van der Waals surface area contributed by atoms with Crippen molar-refractivity contribution in [2.24, 2.45) is 0 Å². The molecule has 37 heavy (non-hydrogen) atoms. The summed E-state index contributed by atoms with van der Waals surface area (Å²) in [6.45, 7) is 9.58. The quantitative estimate of drug-likeness (QED) is 0.481. The first-order valence-electron chi connectivity index (χ1n) is 12.9. The molecule has 0 radical (unpaired) electrons. The molecule has 194 valence electrons. The summed E-state index contributed by atoms with van der Waals surface area (Å²) in [5.41, 5.74) is 3.97. The highest BCUT2D eigenvalue weighted by Gasteiger charge is 2.33. The van der Waals surface area contributed by atoms with Gasteiger partial charge in [0, 0.05) is 43.2 Å². The molecule has 0 spiro atoms. The minimum atomic E-state index is -0.264. The Hall–Kier alpha value is -3.03. The number of carbonyl (C=O) groups is 2. The van der Waals surface area contributed by atoms with E-state index < -0.39 is 0 Å². The second-order valence-electron chi connectivity index (χ2n) is 11.0. The second kappa shape index (κ2) is 10.4. The Kier molecular flexibility index (Phi) is 7.19. The monoisotopic (exact) mass is 519 g/mol. The third-order valence-electron chi connectivity index (χ3n) is 7.49. The van der Waals surface area contributed by atoms with Crippen LogP contribution in [0.25, 0.3) is 0 Å². The number of hydrogen-bond donors (Lipinski definition) is 0. The maximum atomic E-state index is 14.1. The molecular weight excluding hydrogens is 485 g/mol. The van der Waals surface area contributed by atoms with Crippen LogP contribution >= 0.6 is 11.3 Å². The number of amides is 2. The van der Waals surface area contributed by atoms with Crippen molar-refractivity contribution in [3.05, 3.63) is 92.9 Å². The average Bonchev–Trinajstić information content (AvgIpc) is 3.36. The van der Waals surface area contributed by atoms with E-state index in [-0.39, 0.29) is 35.6 Å². The molecule has 2 aliphatic rings. The second-order valence-corrected chi connectivity index (χ2v) is 12.0. The van der Waals surface area contributed by atoms with Gasteiger partial charge in [0.15, 0.2) is 0 Å². The number of hydrogen-bond acceptors (Lipinski definition) is 4. The average molecular weight is 520 g/mol.